The number of nitrogens with zero attached hydrogens (tertiary/aromatic N) is 4. The van der Waals surface area contributed by atoms with Crippen LogP contribution in [0.5, 0.6) is 0 Å². The third-order valence-electron chi connectivity index (χ3n) is 9.48. The lowest BCUT2D eigenvalue weighted by Gasteiger charge is -2.13. The molecule has 10 rings (SSSR count). The van der Waals surface area contributed by atoms with Gasteiger partial charge in [0.2, 0.25) is 0 Å². The number of rotatable bonds is 4. The standard InChI is InChI=1S/C44H26N4S/c1-2-12-40-38(8-1)39-11-4-10-37(44(39)49-40)34-24-32(23-33(25-34)36-9-3-6-30-19-21-47-48-41(30)36)27-13-15-28(16-14-27)35-22-31-18-17-29-7-5-20-45-42(29)43(31)46-26-35/h1-26H. The molecule has 49 heavy (non-hydrogen) atoms. The first-order valence-electron chi connectivity index (χ1n) is 16.3. The van der Waals surface area contributed by atoms with Crippen LogP contribution in [-0.2, 0) is 0 Å². The van der Waals surface area contributed by atoms with Gasteiger partial charge in [0.1, 0.15) is 5.52 Å². The Labute approximate surface area is 286 Å². The molecule has 5 heteroatoms. The van der Waals surface area contributed by atoms with Crippen molar-refractivity contribution in [3.63, 3.8) is 0 Å². The van der Waals surface area contributed by atoms with Crippen molar-refractivity contribution in [2.75, 3.05) is 0 Å². The quantitative estimate of drug-likeness (QED) is 0.179. The Morgan fingerprint density at radius 2 is 1.10 bits per heavy atom. The first-order valence-corrected chi connectivity index (χ1v) is 17.1. The number of thiophene rings is 1. The van der Waals surface area contributed by atoms with Gasteiger partial charge in [0.25, 0.3) is 0 Å². The highest BCUT2D eigenvalue weighted by atomic mass is 32.1. The molecule has 0 atom stereocenters. The van der Waals surface area contributed by atoms with Gasteiger partial charge in [-0.1, -0.05) is 97.1 Å². The van der Waals surface area contributed by atoms with E-state index in [2.05, 4.69) is 143 Å². The van der Waals surface area contributed by atoms with E-state index in [1.54, 1.807) is 6.20 Å². The Morgan fingerprint density at radius 1 is 0.408 bits per heavy atom. The van der Waals surface area contributed by atoms with Crippen LogP contribution in [0.25, 0.3) is 97.4 Å². The molecule has 4 nitrogen and oxygen atoms in total. The molecule has 0 amide bonds. The minimum Gasteiger partial charge on any atom is -0.254 e. The lowest BCUT2D eigenvalue weighted by atomic mass is 9.91. The zero-order valence-corrected chi connectivity index (χ0v) is 27.0. The highest BCUT2D eigenvalue weighted by molar-refractivity contribution is 7.26. The summed E-state index contributed by atoms with van der Waals surface area (Å²) in [7, 11) is 0. The van der Waals surface area contributed by atoms with Crippen molar-refractivity contribution in [2.45, 2.75) is 0 Å². The van der Waals surface area contributed by atoms with Crippen molar-refractivity contribution >= 4 is 64.2 Å². The third-order valence-corrected chi connectivity index (χ3v) is 10.7. The second kappa shape index (κ2) is 11.2. The highest BCUT2D eigenvalue weighted by Crippen LogP contribution is 2.42. The van der Waals surface area contributed by atoms with Crippen molar-refractivity contribution in [1.82, 2.24) is 20.2 Å². The Bertz CT molecular complexity index is 2890. The smallest absolute Gasteiger partial charge is 0.101 e. The summed E-state index contributed by atoms with van der Waals surface area (Å²) in [5.74, 6) is 0. The second-order valence-corrected chi connectivity index (χ2v) is 13.4. The molecule has 0 aliphatic rings. The number of pyridine rings is 2. The summed E-state index contributed by atoms with van der Waals surface area (Å²) in [6, 6.07) is 49.9. The van der Waals surface area contributed by atoms with E-state index in [-0.39, 0.29) is 0 Å². The van der Waals surface area contributed by atoms with Crippen molar-refractivity contribution < 1.29 is 0 Å². The minimum atomic E-state index is 0.898. The molecule has 228 valence electrons. The van der Waals surface area contributed by atoms with Gasteiger partial charge in [0.15, 0.2) is 0 Å². The molecule has 0 saturated heterocycles. The van der Waals surface area contributed by atoms with Crippen molar-refractivity contribution in [3.8, 4) is 44.5 Å². The van der Waals surface area contributed by atoms with Crippen molar-refractivity contribution in [1.29, 1.82) is 0 Å². The maximum absolute atomic E-state index is 4.85. The largest absolute Gasteiger partial charge is 0.254 e. The molecule has 6 aromatic carbocycles. The average molecular weight is 643 g/mol. The van der Waals surface area contributed by atoms with Crippen LogP contribution >= 0.6 is 11.3 Å². The van der Waals surface area contributed by atoms with Gasteiger partial charge in [0, 0.05) is 59.9 Å². The molecule has 0 spiro atoms. The van der Waals surface area contributed by atoms with Gasteiger partial charge in [0.05, 0.1) is 17.2 Å². The molecule has 4 aromatic heterocycles. The summed E-state index contributed by atoms with van der Waals surface area (Å²) in [5, 5.41) is 14.6. The number of fused-ring (bicyclic) bond motifs is 7. The SMILES string of the molecule is c1cc(-c2cc(-c3ccc(-c4cnc5c(ccc6cccnc65)c4)cc3)cc(-c3cccc4c3sc3ccccc34)c2)c2nnccc2c1. The summed E-state index contributed by atoms with van der Waals surface area (Å²) in [5.41, 5.74) is 11.8. The Balaban J connectivity index is 1.12. The maximum Gasteiger partial charge on any atom is 0.101 e. The number of benzene rings is 6. The molecule has 0 radical (unpaired) electrons. The zero-order valence-electron chi connectivity index (χ0n) is 26.2. The van der Waals surface area contributed by atoms with Crippen LogP contribution in [0.15, 0.2) is 158 Å². The fraction of sp³-hybridized carbons (Fsp3) is 0. The summed E-state index contributed by atoms with van der Waals surface area (Å²) < 4.78 is 2.60. The monoisotopic (exact) mass is 642 g/mol. The topological polar surface area (TPSA) is 51.6 Å². The minimum absolute atomic E-state index is 0.898. The van der Waals surface area contributed by atoms with Crippen LogP contribution in [0.3, 0.4) is 0 Å². The lowest BCUT2D eigenvalue weighted by Crippen LogP contribution is -1.90. The third kappa shape index (κ3) is 4.66. The Kier molecular flexibility index (Phi) is 6.32. The van der Waals surface area contributed by atoms with E-state index in [4.69, 9.17) is 4.98 Å². The molecule has 10 aromatic rings. The van der Waals surface area contributed by atoms with Crippen LogP contribution < -0.4 is 0 Å². The fourth-order valence-corrected chi connectivity index (χ4v) is 8.31. The molecular formula is C44H26N4S. The summed E-state index contributed by atoms with van der Waals surface area (Å²) in [4.78, 5) is 9.44. The van der Waals surface area contributed by atoms with E-state index >= 15 is 0 Å². The lowest BCUT2D eigenvalue weighted by molar-refractivity contribution is 1.08. The normalized spacial score (nSPS) is 11.7. The molecular weight excluding hydrogens is 617 g/mol. The van der Waals surface area contributed by atoms with E-state index in [1.165, 1.54) is 31.3 Å². The van der Waals surface area contributed by atoms with Gasteiger partial charge in [-0.15, -0.1) is 16.4 Å². The average Bonchev–Trinajstić information content (AvgIpc) is 3.56. The van der Waals surface area contributed by atoms with Crippen LogP contribution in [0.1, 0.15) is 0 Å². The van der Waals surface area contributed by atoms with E-state index in [9.17, 15) is 0 Å². The highest BCUT2D eigenvalue weighted by Gasteiger charge is 2.15. The number of hydrogen-bond donors (Lipinski definition) is 0. The van der Waals surface area contributed by atoms with Crippen LogP contribution in [-0.4, -0.2) is 20.2 Å². The Morgan fingerprint density at radius 3 is 2.02 bits per heavy atom. The number of hydrogen-bond acceptors (Lipinski definition) is 5. The van der Waals surface area contributed by atoms with Crippen molar-refractivity contribution in [3.05, 3.63) is 158 Å². The predicted octanol–water partition coefficient (Wildman–Crippen LogP) is 11.8. The molecule has 0 bridgehead atoms. The molecule has 0 saturated carbocycles. The molecule has 0 fully saturated rings. The van der Waals surface area contributed by atoms with Gasteiger partial charge in [-0.2, -0.15) is 5.10 Å². The molecule has 0 aliphatic heterocycles. The van der Waals surface area contributed by atoms with Crippen LogP contribution in [0, 0.1) is 0 Å². The summed E-state index contributed by atoms with van der Waals surface area (Å²) in [6.45, 7) is 0. The number of aromatic nitrogens is 4. The summed E-state index contributed by atoms with van der Waals surface area (Å²) >= 11 is 1.86. The molecule has 0 unspecified atom stereocenters. The van der Waals surface area contributed by atoms with Gasteiger partial charge in [-0.25, -0.2) is 0 Å². The first-order chi connectivity index (χ1) is 24.3. The van der Waals surface area contributed by atoms with Gasteiger partial charge >= 0.3 is 0 Å². The van der Waals surface area contributed by atoms with Crippen molar-refractivity contribution in [2.24, 2.45) is 0 Å². The van der Waals surface area contributed by atoms with E-state index < -0.39 is 0 Å². The van der Waals surface area contributed by atoms with E-state index in [1.807, 2.05) is 35.9 Å². The van der Waals surface area contributed by atoms with Crippen LogP contribution in [0.2, 0.25) is 0 Å². The second-order valence-electron chi connectivity index (χ2n) is 12.4. The van der Waals surface area contributed by atoms with Crippen LogP contribution in [0.4, 0.5) is 0 Å². The molecule has 4 heterocycles. The maximum atomic E-state index is 4.85. The Hall–Kier alpha value is -6.30. The zero-order chi connectivity index (χ0) is 32.3. The molecule has 0 N–H and O–H groups in total. The first kappa shape index (κ1) is 27.8. The summed E-state index contributed by atoms with van der Waals surface area (Å²) in [6.07, 6.45) is 5.53. The van der Waals surface area contributed by atoms with Gasteiger partial charge in [-0.05, 0) is 75.8 Å². The fourth-order valence-electron chi connectivity index (χ4n) is 7.07. The van der Waals surface area contributed by atoms with E-state index in [0.717, 1.165) is 66.1 Å². The predicted molar refractivity (Wildman–Crippen MR) is 205 cm³/mol. The van der Waals surface area contributed by atoms with Gasteiger partial charge < -0.3 is 0 Å². The van der Waals surface area contributed by atoms with E-state index in [0.29, 0.717) is 0 Å². The van der Waals surface area contributed by atoms with Gasteiger partial charge in [-0.3, -0.25) is 9.97 Å². The molecule has 0 aliphatic carbocycles.